The number of aliphatic hydroxyl groups excluding tert-OH is 3. The standard InChI is InChI=1S/C25H44O2Si.C16H24O2/c1-11-25(10)15-21-14-19(8)22(20(9)23(21)24(25)26)12-13-27-28(16(2)3,17(4)5)18(6)7;1-5-16(4)9-12-8-10(2)13(6-7-17)11(3)14(12)15(16)18/h14,16-18,24,26H,11-13,15H2,1-10H3;8,15,17-18H,5-7,9H2,1-4H3. The molecule has 0 radical (unpaired) electrons. The van der Waals surface area contributed by atoms with Crippen LogP contribution in [-0.2, 0) is 30.1 Å². The first-order valence-electron chi connectivity index (χ1n) is 18.2. The van der Waals surface area contributed by atoms with Crippen molar-refractivity contribution in [2.24, 2.45) is 10.8 Å². The molecule has 4 unspecified atom stereocenters. The van der Waals surface area contributed by atoms with Crippen molar-refractivity contribution in [1.29, 1.82) is 0 Å². The van der Waals surface area contributed by atoms with Gasteiger partial charge >= 0.3 is 0 Å². The van der Waals surface area contributed by atoms with Crippen molar-refractivity contribution < 1.29 is 19.7 Å². The van der Waals surface area contributed by atoms with Gasteiger partial charge in [0.25, 0.3) is 0 Å². The van der Waals surface area contributed by atoms with Crippen LogP contribution in [0.5, 0.6) is 0 Å². The van der Waals surface area contributed by atoms with E-state index in [1.165, 1.54) is 50.1 Å². The summed E-state index contributed by atoms with van der Waals surface area (Å²) in [7, 11) is -1.83. The molecule has 260 valence electrons. The third-order valence-corrected chi connectivity index (χ3v) is 18.7. The van der Waals surface area contributed by atoms with Crippen molar-refractivity contribution in [3.63, 3.8) is 0 Å². The molecule has 0 bridgehead atoms. The van der Waals surface area contributed by atoms with Crippen molar-refractivity contribution in [2.75, 3.05) is 13.2 Å². The van der Waals surface area contributed by atoms with E-state index in [1.54, 1.807) is 0 Å². The van der Waals surface area contributed by atoms with Gasteiger partial charge in [-0.25, -0.2) is 0 Å². The van der Waals surface area contributed by atoms with Gasteiger partial charge in [0.2, 0.25) is 0 Å². The summed E-state index contributed by atoms with van der Waals surface area (Å²) >= 11 is 0. The molecule has 0 fully saturated rings. The van der Waals surface area contributed by atoms with E-state index in [1.807, 2.05) is 0 Å². The lowest BCUT2D eigenvalue weighted by Crippen LogP contribution is -2.48. The minimum atomic E-state index is -1.83. The summed E-state index contributed by atoms with van der Waals surface area (Å²) in [4.78, 5) is 0. The first-order chi connectivity index (χ1) is 21.4. The van der Waals surface area contributed by atoms with Crippen LogP contribution in [0.25, 0.3) is 0 Å². The largest absolute Gasteiger partial charge is 0.416 e. The van der Waals surface area contributed by atoms with E-state index in [0.717, 1.165) is 44.3 Å². The van der Waals surface area contributed by atoms with Gasteiger partial charge in [-0.15, -0.1) is 0 Å². The normalized spacial score (nSPS) is 24.1. The molecule has 5 heteroatoms. The predicted molar refractivity (Wildman–Crippen MR) is 197 cm³/mol. The van der Waals surface area contributed by atoms with Crippen LogP contribution in [0.4, 0.5) is 0 Å². The Hall–Kier alpha value is -1.50. The fourth-order valence-electron chi connectivity index (χ4n) is 9.41. The van der Waals surface area contributed by atoms with E-state index in [2.05, 4.69) is 109 Å². The molecular formula is C41H68O4Si. The van der Waals surface area contributed by atoms with Crippen LogP contribution < -0.4 is 0 Å². The highest BCUT2D eigenvalue weighted by Crippen LogP contribution is 2.51. The Balaban J connectivity index is 0.000000275. The molecule has 0 saturated carbocycles. The molecule has 0 heterocycles. The number of hydrogen-bond acceptors (Lipinski definition) is 4. The van der Waals surface area contributed by atoms with E-state index in [4.69, 9.17) is 9.53 Å². The topological polar surface area (TPSA) is 69.9 Å². The first-order valence-corrected chi connectivity index (χ1v) is 20.3. The summed E-state index contributed by atoms with van der Waals surface area (Å²) in [6, 6.07) is 4.54. The maximum atomic E-state index is 11.0. The highest BCUT2D eigenvalue weighted by atomic mass is 28.4. The van der Waals surface area contributed by atoms with Gasteiger partial charge in [0.05, 0.1) is 12.2 Å². The fourth-order valence-corrected chi connectivity index (χ4v) is 14.9. The zero-order valence-corrected chi connectivity index (χ0v) is 32.9. The van der Waals surface area contributed by atoms with Gasteiger partial charge in [0.1, 0.15) is 0 Å². The van der Waals surface area contributed by atoms with E-state index in [9.17, 15) is 10.2 Å². The Labute approximate surface area is 283 Å². The number of aryl methyl sites for hydroxylation is 2. The van der Waals surface area contributed by atoms with Crippen LogP contribution in [-0.4, -0.2) is 36.9 Å². The second kappa shape index (κ2) is 14.9. The third-order valence-electron chi connectivity index (χ3n) is 12.6. The number of fused-ring (bicyclic) bond motifs is 2. The van der Waals surface area contributed by atoms with Crippen LogP contribution in [0, 0.1) is 38.5 Å². The third kappa shape index (κ3) is 6.97. The quantitative estimate of drug-likeness (QED) is 0.211. The minimum absolute atomic E-state index is 0.0242. The zero-order valence-electron chi connectivity index (χ0n) is 31.9. The summed E-state index contributed by atoms with van der Waals surface area (Å²) in [5.41, 5.74) is 14.4. The second-order valence-electron chi connectivity index (χ2n) is 16.3. The SMILES string of the molecule is CCC1(C)Cc2cc(C)c(CCO)c(C)c2C1O.CCC1(C)Cc2cc(C)c(CCO[Si](C(C)C)(C(C)C)C(C)C)c(C)c2C1O. The second-order valence-corrected chi connectivity index (χ2v) is 21.8. The van der Waals surface area contributed by atoms with Gasteiger partial charge in [0.15, 0.2) is 8.32 Å². The Morgan fingerprint density at radius 1 is 0.717 bits per heavy atom. The smallest absolute Gasteiger partial charge is 0.200 e. The van der Waals surface area contributed by atoms with Crippen LogP contribution in [0.2, 0.25) is 16.6 Å². The summed E-state index contributed by atoms with van der Waals surface area (Å²) in [6.07, 6.45) is 4.85. The summed E-state index contributed by atoms with van der Waals surface area (Å²) in [5, 5.41) is 30.8. The van der Waals surface area contributed by atoms with Crippen molar-refractivity contribution in [1.82, 2.24) is 0 Å². The highest BCUT2D eigenvalue weighted by Gasteiger charge is 2.45. The lowest BCUT2D eigenvalue weighted by molar-refractivity contribution is 0.0493. The molecule has 0 amide bonds. The van der Waals surface area contributed by atoms with Crippen LogP contribution >= 0.6 is 0 Å². The van der Waals surface area contributed by atoms with Gasteiger partial charge in [-0.1, -0.05) is 81.4 Å². The summed E-state index contributed by atoms with van der Waals surface area (Å²) in [6.45, 7) is 32.4. The van der Waals surface area contributed by atoms with Crippen molar-refractivity contribution in [3.05, 3.63) is 67.8 Å². The van der Waals surface area contributed by atoms with Crippen LogP contribution in [0.3, 0.4) is 0 Å². The molecule has 4 nitrogen and oxygen atoms in total. The molecule has 46 heavy (non-hydrogen) atoms. The predicted octanol–water partition coefficient (Wildman–Crippen LogP) is 9.89. The Morgan fingerprint density at radius 3 is 1.41 bits per heavy atom. The van der Waals surface area contributed by atoms with E-state index < -0.39 is 8.32 Å². The van der Waals surface area contributed by atoms with Gasteiger partial charge < -0.3 is 19.7 Å². The molecule has 2 aromatic rings. The Morgan fingerprint density at radius 2 is 1.09 bits per heavy atom. The van der Waals surface area contributed by atoms with Crippen molar-refractivity contribution >= 4 is 8.32 Å². The molecule has 2 aliphatic rings. The molecule has 0 aromatic heterocycles. The monoisotopic (exact) mass is 652 g/mol. The maximum absolute atomic E-state index is 11.0. The minimum Gasteiger partial charge on any atom is -0.416 e. The van der Waals surface area contributed by atoms with E-state index >= 15 is 0 Å². The van der Waals surface area contributed by atoms with Gasteiger partial charge in [-0.05, 0) is 138 Å². The Kier molecular flexibility index (Phi) is 12.7. The lowest BCUT2D eigenvalue weighted by atomic mass is 9.82. The molecule has 0 saturated heterocycles. The molecule has 0 spiro atoms. The van der Waals surface area contributed by atoms with Crippen LogP contribution in [0.1, 0.15) is 150 Å². The van der Waals surface area contributed by atoms with Gasteiger partial charge in [-0.2, -0.15) is 0 Å². The molecule has 2 aromatic carbocycles. The summed E-state index contributed by atoms with van der Waals surface area (Å²) in [5.74, 6) is 0. The Bertz CT molecular complexity index is 1340. The number of rotatable bonds is 11. The van der Waals surface area contributed by atoms with Crippen molar-refractivity contribution in [2.45, 2.75) is 164 Å². The zero-order chi connectivity index (χ0) is 34.9. The molecular weight excluding hydrogens is 585 g/mol. The molecule has 3 N–H and O–H groups in total. The number of benzene rings is 2. The highest BCUT2D eigenvalue weighted by molar-refractivity contribution is 6.77. The van der Waals surface area contributed by atoms with E-state index in [-0.39, 0.29) is 29.6 Å². The van der Waals surface area contributed by atoms with E-state index in [0.29, 0.717) is 23.0 Å². The maximum Gasteiger partial charge on any atom is 0.200 e. The lowest BCUT2D eigenvalue weighted by Gasteiger charge is -2.42. The molecule has 4 rings (SSSR count). The van der Waals surface area contributed by atoms with Crippen molar-refractivity contribution in [3.8, 4) is 0 Å². The number of aliphatic hydroxyl groups is 3. The van der Waals surface area contributed by atoms with Gasteiger partial charge in [0, 0.05) is 24.0 Å². The fraction of sp³-hybridized carbons (Fsp3) is 0.707. The summed E-state index contributed by atoms with van der Waals surface area (Å²) < 4.78 is 6.81. The van der Waals surface area contributed by atoms with Gasteiger partial charge in [-0.3, -0.25) is 0 Å². The molecule has 0 aliphatic heterocycles. The first kappa shape index (κ1) is 38.9. The average Bonchev–Trinajstić information content (AvgIpc) is 3.38. The average molecular weight is 653 g/mol. The molecule has 4 atom stereocenters. The number of hydrogen-bond donors (Lipinski definition) is 3. The molecule has 2 aliphatic carbocycles. The van der Waals surface area contributed by atoms with Crippen LogP contribution in [0.15, 0.2) is 12.1 Å².